The Hall–Kier alpha value is -2.96. The molecule has 6 rings (SSSR count). The lowest BCUT2D eigenvalue weighted by Gasteiger charge is -2.46. The fourth-order valence-electron chi connectivity index (χ4n) is 5.81. The third-order valence-corrected chi connectivity index (χ3v) is 7.09. The van der Waals surface area contributed by atoms with Crippen molar-refractivity contribution >= 4 is 39.8 Å². The third kappa shape index (κ3) is 2.78. The van der Waals surface area contributed by atoms with Crippen LogP contribution in [0.25, 0.3) is 16.5 Å². The number of benzene rings is 1. The molecule has 1 amide bonds. The molecule has 0 bridgehead atoms. The monoisotopic (exact) mass is 431 g/mol. The highest BCUT2D eigenvalue weighted by Crippen LogP contribution is 2.54. The first-order chi connectivity index (χ1) is 15.2. The molecule has 2 N–H and O–H groups in total. The van der Waals surface area contributed by atoms with E-state index in [2.05, 4.69) is 56.3 Å². The van der Waals surface area contributed by atoms with E-state index in [1.54, 1.807) is 12.1 Å². The van der Waals surface area contributed by atoms with Gasteiger partial charge in [0.15, 0.2) is 11.0 Å². The van der Waals surface area contributed by atoms with Crippen molar-refractivity contribution in [3.05, 3.63) is 71.0 Å². The number of anilines is 1. The molecule has 3 aromatic rings. The van der Waals surface area contributed by atoms with Crippen molar-refractivity contribution in [2.45, 2.75) is 30.7 Å². The Bertz CT molecular complexity index is 1240. The number of carbonyl (C=O) groups excluding carboxylic acids is 1. The smallest absolute Gasteiger partial charge is 0.258 e. The number of likely N-dealkylation sites (tertiary alicyclic amines) is 1. The first-order valence-corrected chi connectivity index (χ1v) is 11.1. The van der Waals surface area contributed by atoms with Crippen LogP contribution in [0.4, 0.5) is 5.82 Å². The Balaban J connectivity index is 1.46. The standard InChI is InChI=1S/C24H22ClN5O/c1-2-10-30-11-4-6-14-13-5-3-7-17-20(13)21-15(23(14)30)12-16(22(21)26-17)24(31)27-19-9-8-18(25)28-29-19/h2-3,5,7-9,12,14-15,23,26H,1,4,6,10-11H2,(H,27,29,31)/t14?,15?,23-/m0/s1. The van der Waals surface area contributed by atoms with E-state index in [4.69, 9.17) is 11.6 Å². The molecule has 1 saturated heterocycles. The molecule has 1 fully saturated rings. The number of hydrogen-bond acceptors (Lipinski definition) is 4. The summed E-state index contributed by atoms with van der Waals surface area (Å²) in [6.07, 6.45) is 6.48. The highest BCUT2D eigenvalue weighted by Gasteiger charge is 2.47. The zero-order valence-electron chi connectivity index (χ0n) is 16.9. The maximum Gasteiger partial charge on any atom is 0.258 e. The topological polar surface area (TPSA) is 73.9 Å². The highest BCUT2D eigenvalue weighted by molar-refractivity contribution is 6.29. The molecule has 31 heavy (non-hydrogen) atoms. The number of H-pyrrole nitrogens is 1. The van der Waals surface area contributed by atoms with Gasteiger partial charge in [0.25, 0.3) is 5.91 Å². The lowest BCUT2D eigenvalue weighted by Crippen LogP contribution is -2.48. The first-order valence-electron chi connectivity index (χ1n) is 10.7. The molecule has 0 saturated carbocycles. The van der Waals surface area contributed by atoms with E-state index in [0.717, 1.165) is 24.3 Å². The van der Waals surface area contributed by atoms with Crippen molar-refractivity contribution in [1.82, 2.24) is 20.1 Å². The minimum Gasteiger partial charge on any atom is -0.354 e. The summed E-state index contributed by atoms with van der Waals surface area (Å²) in [5, 5.41) is 12.3. The number of aromatic nitrogens is 3. The van der Waals surface area contributed by atoms with Crippen molar-refractivity contribution in [2.24, 2.45) is 0 Å². The Morgan fingerprint density at radius 1 is 1.32 bits per heavy atom. The summed E-state index contributed by atoms with van der Waals surface area (Å²) < 4.78 is 0. The Morgan fingerprint density at radius 2 is 2.23 bits per heavy atom. The van der Waals surface area contributed by atoms with E-state index in [0.29, 0.717) is 28.5 Å². The van der Waals surface area contributed by atoms with Gasteiger partial charge in [-0.15, -0.1) is 16.8 Å². The van der Waals surface area contributed by atoms with Crippen molar-refractivity contribution in [3.63, 3.8) is 0 Å². The van der Waals surface area contributed by atoms with Crippen LogP contribution in [0.3, 0.4) is 0 Å². The van der Waals surface area contributed by atoms with Gasteiger partial charge >= 0.3 is 0 Å². The first kappa shape index (κ1) is 18.8. The van der Waals surface area contributed by atoms with E-state index in [1.807, 2.05) is 6.08 Å². The molecule has 2 aromatic heterocycles. The molecule has 156 valence electrons. The number of fused-ring (bicyclic) bond motifs is 3. The Kier molecular flexibility index (Phi) is 4.26. The minimum atomic E-state index is -0.182. The second-order valence-electron chi connectivity index (χ2n) is 8.51. The average Bonchev–Trinajstić information content (AvgIpc) is 3.33. The molecule has 1 aliphatic heterocycles. The van der Waals surface area contributed by atoms with Gasteiger partial charge in [-0.1, -0.05) is 35.9 Å². The van der Waals surface area contributed by atoms with Crippen molar-refractivity contribution in [2.75, 3.05) is 18.4 Å². The predicted molar refractivity (Wildman–Crippen MR) is 122 cm³/mol. The molecule has 0 radical (unpaired) electrons. The molecule has 2 unspecified atom stereocenters. The number of amides is 1. The molecule has 2 aliphatic carbocycles. The van der Waals surface area contributed by atoms with Gasteiger partial charge in [-0.25, -0.2) is 0 Å². The van der Waals surface area contributed by atoms with Gasteiger partial charge in [0.05, 0.1) is 11.3 Å². The highest BCUT2D eigenvalue weighted by atomic mass is 35.5. The van der Waals surface area contributed by atoms with Crippen LogP contribution in [0.5, 0.6) is 0 Å². The largest absolute Gasteiger partial charge is 0.354 e. The van der Waals surface area contributed by atoms with E-state index < -0.39 is 0 Å². The van der Waals surface area contributed by atoms with Crippen LogP contribution in [0.1, 0.15) is 41.5 Å². The fraction of sp³-hybridized carbons (Fsp3) is 0.292. The molecule has 1 aromatic carbocycles. The van der Waals surface area contributed by atoms with Gasteiger partial charge in [0.2, 0.25) is 0 Å². The maximum absolute atomic E-state index is 13.3. The number of nitrogens with zero attached hydrogens (tertiary/aromatic N) is 3. The van der Waals surface area contributed by atoms with E-state index in [-0.39, 0.29) is 11.8 Å². The summed E-state index contributed by atoms with van der Waals surface area (Å²) >= 11 is 5.82. The Labute approximate surface area is 185 Å². The average molecular weight is 432 g/mol. The lowest BCUT2D eigenvalue weighted by atomic mass is 9.70. The number of aromatic amines is 1. The van der Waals surface area contributed by atoms with Crippen molar-refractivity contribution < 1.29 is 4.79 Å². The number of rotatable bonds is 4. The summed E-state index contributed by atoms with van der Waals surface area (Å²) in [5.74, 6) is 0.842. The Morgan fingerprint density at radius 3 is 3.03 bits per heavy atom. The summed E-state index contributed by atoms with van der Waals surface area (Å²) in [7, 11) is 0. The van der Waals surface area contributed by atoms with Crippen LogP contribution in [-0.4, -0.2) is 45.1 Å². The van der Waals surface area contributed by atoms with Gasteiger partial charge in [-0.2, -0.15) is 0 Å². The van der Waals surface area contributed by atoms with Gasteiger partial charge < -0.3 is 10.3 Å². The zero-order chi connectivity index (χ0) is 21.1. The normalized spacial score (nSPS) is 24.0. The van der Waals surface area contributed by atoms with Crippen LogP contribution in [0.2, 0.25) is 5.15 Å². The van der Waals surface area contributed by atoms with Crippen LogP contribution in [-0.2, 0) is 4.79 Å². The molecule has 3 aliphatic rings. The minimum absolute atomic E-state index is 0.181. The van der Waals surface area contributed by atoms with Crippen molar-refractivity contribution in [1.29, 1.82) is 0 Å². The predicted octanol–water partition coefficient (Wildman–Crippen LogP) is 4.48. The second kappa shape index (κ2) is 7.04. The van der Waals surface area contributed by atoms with E-state index in [1.165, 1.54) is 29.4 Å². The van der Waals surface area contributed by atoms with Crippen LogP contribution < -0.4 is 5.32 Å². The quantitative estimate of drug-likeness (QED) is 0.597. The van der Waals surface area contributed by atoms with Gasteiger partial charge in [0.1, 0.15) is 0 Å². The van der Waals surface area contributed by atoms with Crippen LogP contribution in [0.15, 0.2) is 49.1 Å². The summed E-state index contributed by atoms with van der Waals surface area (Å²) in [6.45, 7) is 5.90. The molecule has 3 heterocycles. The second-order valence-corrected chi connectivity index (χ2v) is 8.90. The van der Waals surface area contributed by atoms with Crippen LogP contribution >= 0.6 is 11.6 Å². The number of halogens is 1. The van der Waals surface area contributed by atoms with Gasteiger partial charge in [0, 0.05) is 35.3 Å². The van der Waals surface area contributed by atoms with Gasteiger partial charge in [-0.05, 0) is 48.7 Å². The number of nitrogens with one attached hydrogen (secondary N) is 2. The number of piperidine rings is 1. The lowest BCUT2D eigenvalue weighted by molar-refractivity contribution is -0.111. The molecular weight excluding hydrogens is 410 g/mol. The number of hydrogen-bond donors (Lipinski definition) is 2. The maximum atomic E-state index is 13.3. The molecule has 0 spiro atoms. The van der Waals surface area contributed by atoms with E-state index in [9.17, 15) is 4.79 Å². The fourth-order valence-corrected chi connectivity index (χ4v) is 5.91. The summed E-state index contributed by atoms with van der Waals surface area (Å²) in [6, 6.07) is 10.1. The molecular formula is C24H22ClN5O. The van der Waals surface area contributed by atoms with Gasteiger partial charge in [-0.3, -0.25) is 9.69 Å². The van der Waals surface area contributed by atoms with E-state index >= 15 is 0 Å². The number of carbonyl (C=O) groups is 1. The SMILES string of the molecule is C=CCN1CCCC2c3cccc4[nH]c5c(c34)C(C=C5C(=O)Nc3ccc(Cl)nn3)[C@H]21. The van der Waals surface area contributed by atoms with Crippen LogP contribution in [0, 0.1) is 0 Å². The summed E-state index contributed by atoms with van der Waals surface area (Å²) in [5.41, 5.74) is 5.37. The molecule has 6 nitrogen and oxygen atoms in total. The molecule has 7 heteroatoms. The third-order valence-electron chi connectivity index (χ3n) is 6.89. The molecule has 3 atom stereocenters. The summed E-state index contributed by atoms with van der Waals surface area (Å²) in [4.78, 5) is 19.3. The van der Waals surface area contributed by atoms with Crippen molar-refractivity contribution in [3.8, 4) is 0 Å². The zero-order valence-corrected chi connectivity index (χ0v) is 17.7.